The lowest BCUT2D eigenvalue weighted by molar-refractivity contribution is 0.478. The average molecular weight is 351 g/mol. The Morgan fingerprint density at radius 2 is 2.38 bits per heavy atom. The number of thiophene rings is 1. The van der Waals surface area contributed by atoms with E-state index in [1.807, 2.05) is 0 Å². The molecule has 3 nitrogen and oxygen atoms in total. The maximum Gasteiger partial charge on any atom is 0.193 e. The molecule has 0 unspecified atom stereocenters. The summed E-state index contributed by atoms with van der Waals surface area (Å²) in [4.78, 5) is 8.11. The highest BCUT2D eigenvalue weighted by atomic mass is 127. The maximum absolute atomic E-state index is 4.54. The van der Waals surface area contributed by atoms with E-state index in [1.54, 1.807) is 11.3 Å². The monoisotopic (exact) mass is 351 g/mol. The number of rotatable bonds is 2. The van der Waals surface area contributed by atoms with Crippen molar-refractivity contribution in [3.63, 3.8) is 0 Å². The minimum absolute atomic E-state index is 0. The van der Waals surface area contributed by atoms with Crippen LogP contribution in [0.5, 0.6) is 0 Å². The van der Waals surface area contributed by atoms with Crippen molar-refractivity contribution in [1.29, 1.82) is 0 Å². The molecule has 0 spiro atoms. The highest BCUT2D eigenvalue weighted by Gasteiger charge is 2.08. The molecule has 1 N–H and O–H groups in total. The quantitative estimate of drug-likeness (QED) is 0.830. The minimum Gasteiger partial charge on any atom is -0.351 e. The van der Waals surface area contributed by atoms with E-state index in [0.29, 0.717) is 0 Å². The Labute approximate surface area is 118 Å². The van der Waals surface area contributed by atoms with Crippen LogP contribution in [0.1, 0.15) is 17.7 Å². The lowest BCUT2D eigenvalue weighted by atomic mass is 10.3. The van der Waals surface area contributed by atoms with Gasteiger partial charge >= 0.3 is 0 Å². The zero-order chi connectivity index (χ0) is 10.5. The summed E-state index contributed by atoms with van der Waals surface area (Å²) in [5, 5.41) is 5.51. The molecular formula is C11H18IN3S. The number of nitrogens with zero attached hydrogens (tertiary/aromatic N) is 2. The molecule has 90 valence electrons. The molecule has 0 radical (unpaired) electrons. The molecule has 0 saturated heterocycles. The molecule has 0 aromatic carbocycles. The Morgan fingerprint density at radius 3 is 3.12 bits per heavy atom. The fraction of sp³-hybridized carbons (Fsp3) is 0.545. The van der Waals surface area contributed by atoms with Gasteiger partial charge in [-0.15, -0.1) is 35.3 Å². The van der Waals surface area contributed by atoms with Crippen LogP contribution < -0.4 is 5.32 Å². The number of nitrogens with one attached hydrogen (secondary N) is 1. The van der Waals surface area contributed by atoms with E-state index in [4.69, 9.17) is 0 Å². The summed E-state index contributed by atoms with van der Waals surface area (Å²) in [5.41, 5.74) is 0. The first-order valence-corrected chi connectivity index (χ1v) is 6.26. The van der Waals surface area contributed by atoms with Gasteiger partial charge in [-0.2, -0.15) is 0 Å². The Hall–Kier alpha value is -0.300. The highest BCUT2D eigenvalue weighted by molar-refractivity contribution is 14.0. The molecule has 0 bridgehead atoms. The van der Waals surface area contributed by atoms with Crippen LogP contribution >= 0.6 is 35.3 Å². The van der Waals surface area contributed by atoms with Gasteiger partial charge < -0.3 is 10.2 Å². The Bertz CT molecular complexity index is 324. The predicted octanol–water partition coefficient (Wildman–Crippen LogP) is 2.54. The molecule has 0 aliphatic carbocycles. The fourth-order valence-electron chi connectivity index (χ4n) is 1.64. The van der Waals surface area contributed by atoms with Crippen molar-refractivity contribution in [3.05, 3.63) is 22.4 Å². The fourth-order valence-corrected chi connectivity index (χ4v) is 2.29. The predicted molar refractivity (Wildman–Crippen MR) is 80.7 cm³/mol. The van der Waals surface area contributed by atoms with Crippen molar-refractivity contribution in [3.8, 4) is 0 Å². The van der Waals surface area contributed by atoms with Crippen molar-refractivity contribution in [2.45, 2.75) is 19.4 Å². The van der Waals surface area contributed by atoms with Gasteiger partial charge in [0, 0.05) is 25.0 Å². The third-order valence-corrected chi connectivity index (χ3v) is 3.40. The minimum atomic E-state index is 0. The molecule has 0 atom stereocenters. The summed E-state index contributed by atoms with van der Waals surface area (Å²) in [5.74, 6) is 1.04. The van der Waals surface area contributed by atoms with Crippen LogP contribution in [-0.4, -0.2) is 31.0 Å². The first-order chi connectivity index (χ1) is 7.36. The van der Waals surface area contributed by atoms with Crippen molar-refractivity contribution in [2.24, 2.45) is 4.99 Å². The Morgan fingerprint density at radius 1 is 1.50 bits per heavy atom. The van der Waals surface area contributed by atoms with E-state index in [1.165, 1.54) is 17.7 Å². The van der Waals surface area contributed by atoms with Gasteiger partial charge in [-0.05, 0) is 24.3 Å². The second-order valence-electron chi connectivity index (χ2n) is 3.77. The van der Waals surface area contributed by atoms with Crippen molar-refractivity contribution in [2.75, 3.05) is 20.1 Å². The molecule has 0 amide bonds. The first-order valence-electron chi connectivity index (χ1n) is 5.38. The largest absolute Gasteiger partial charge is 0.351 e. The molecule has 0 fully saturated rings. The molecular weight excluding hydrogens is 333 g/mol. The Kier molecular flexibility index (Phi) is 6.12. The third kappa shape index (κ3) is 3.93. The van der Waals surface area contributed by atoms with Crippen molar-refractivity contribution >= 4 is 41.3 Å². The van der Waals surface area contributed by atoms with Gasteiger partial charge in [0.2, 0.25) is 0 Å². The lowest BCUT2D eigenvalue weighted by Gasteiger charge is -2.19. The number of guanidine groups is 1. The van der Waals surface area contributed by atoms with Crippen molar-refractivity contribution in [1.82, 2.24) is 10.2 Å². The van der Waals surface area contributed by atoms with E-state index < -0.39 is 0 Å². The van der Waals surface area contributed by atoms with Crippen molar-refractivity contribution < 1.29 is 0 Å². The standard InChI is InChI=1S/C11H17N3S.HI/c1-14-7-3-2-6-12-11(14)13-9-10-5-4-8-15-10;/h4-5,8H,2-3,6-7,9H2,1H3,(H,12,13);1H. The van der Waals surface area contributed by atoms with Crippen LogP contribution in [0, 0.1) is 0 Å². The second kappa shape index (κ2) is 7.11. The van der Waals surface area contributed by atoms with Crippen LogP contribution in [0.25, 0.3) is 0 Å². The topological polar surface area (TPSA) is 27.6 Å². The zero-order valence-corrected chi connectivity index (χ0v) is 12.6. The van der Waals surface area contributed by atoms with Crippen LogP contribution in [-0.2, 0) is 6.54 Å². The van der Waals surface area contributed by atoms with Crippen LogP contribution in [0.4, 0.5) is 0 Å². The molecule has 2 rings (SSSR count). The molecule has 1 aromatic heterocycles. The zero-order valence-electron chi connectivity index (χ0n) is 9.48. The van der Waals surface area contributed by atoms with Gasteiger partial charge in [0.05, 0.1) is 6.54 Å². The molecule has 2 heterocycles. The van der Waals surface area contributed by atoms with E-state index in [-0.39, 0.29) is 24.0 Å². The summed E-state index contributed by atoms with van der Waals surface area (Å²) < 4.78 is 0. The number of aliphatic imine (C=N–C) groups is 1. The molecule has 1 aliphatic heterocycles. The SMILES string of the molecule is CN1CCCCN=C1NCc1cccs1.I. The van der Waals surface area contributed by atoms with Crippen LogP contribution in [0.15, 0.2) is 22.5 Å². The normalized spacial score (nSPS) is 16.1. The third-order valence-electron chi connectivity index (χ3n) is 2.53. The van der Waals surface area contributed by atoms with Gasteiger partial charge in [0.1, 0.15) is 0 Å². The molecule has 5 heteroatoms. The van der Waals surface area contributed by atoms with E-state index in [2.05, 4.69) is 39.8 Å². The molecule has 16 heavy (non-hydrogen) atoms. The van der Waals surface area contributed by atoms with Gasteiger partial charge in [-0.1, -0.05) is 6.07 Å². The lowest BCUT2D eigenvalue weighted by Crippen LogP contribution is -2.38. The number of hydrogen-bond donors (Lipinski definition) is 1. The summed E-state index contributed by atoms with van der Waals surface area (Å²) in [7, 11) is 2.10. The maximum atomic E-state index is 4.54. The van der Waals surface area contributed by atoms with E-state index in [0.717, 1.165) is 25.6 Å². The highest BCUT2D eigenvalue weighted by Crippen LogP contribution is 2.08. The summed E-state index contributed by atoms with van der Waals surface area (Å²) in [6, 6.07) is 4.23. The summed E-state index contributed by atoms with van der Waals surface area (Å²) >= 11 is 1.78. The van der Waals surface area contributed by atoms with Gasteiger partial charge in [0.25, 0.3) is 0 Å². The second-order valence-corrected chi connectivity index (χ2v) is 4.80. The molecule has 0 saturated carbocycles. The summed E-state index contributed by atoms with van der Waals surface area (Å²) in [6.45, 7) is 2.95. The van der Waals surface area contributed by atoms with Crippen LogP contribution in [0.2, 0.25) is 0 Å². The number of halogens is 1. The van der Waals surface area contributed by atoms with Gasteiger partial charge in [-0.25, -0.2) is 0 Å². The summed E-state index contributed by atoms with van der Waals surface area (Å²) in [6.07, 6.45) is 2.44. The van der Waals surface area contributed by atoms with Gasteiger partial charge in [-0.3, -0.25) is 4.99 Å². The van der Waals surface area contributed by atoms with E-state index >= 15 is 0 Å². The Balaban J connectivity index is 0.00000128. The van der Waals surface area contributed by atoms with Gasteiger partial charge in [0.15, 0.2) is 5.96 Å². The van der Waals surface area contributed by atoms with Crippen LogP contribution in [0.3, 0.4) is 0 Å². The van der Waals surface area contributed by atoms with E-state index in [9.17, 15) is 0 Å². The smallest absolute Gasteiger partial charge is 0.193 e. The molecule has 1 aliphatic rings. The number of hydrogen-bond acceptors (Lipinski definition) is 4. The molecule has 1 aromatic rings. The first kappa shape index (κ1) is 13.8. The average Bonchev–Trinajstić information content (AvgIpc) is 2.67.